The normalized spacial score (nSPS) is 9.60. The van der Waals surface area contributed by atoms with Crippen molar-refractivity contribution in [3.05, 3.63) is 34.9 Å². The highest BCUT2D eigenvalue weighted by molar-refractivity contribution is 6.03. The third-order valence-electron chi connectivity index (χ3n) is 1.90. The monoisotopic (exact) mass is 208 g/mol. The smallest absolute Gasteiger partial charge is 0.336 e. The summed E-state index contributed by atoms with van der Waals surface area (Å²) in [5, 5.41) is 17.6. The molecule has 0 amide bonds. The van der Waals surface area contributed by atoms with E-state index in [0.29, 0.717) is 6.29 Å². The fourth-order valence-corrected chi connectivity index (χ4v) is 1.29. The highest BCUT2D eigenvalue weighted by Crippen LogP contribution is 2.15. The molecule has 1 rings (SSSR count). The summed E-state index contributed by atoms with van der Waals surface area (Å²) in [6, 6.07) is 4.03. The highest BCUT2D eigenvalue weighted by atomic mass is 16.4. The van der Waals surface area contributed by atoms with Gasteiger partial charge in [-0.25, -0.2) is 9.59 Å². The molecule has 15 heavy (non-hydrogen) atoms. The molecule has 0 atom stereocenters. The van der Waals surface area contributed by atoms with E-state index in [9.17, 15) is 14.4 Å². The van der Waals surface area contributed by atoms with Crippen molar-refractivity contribution in [3.63, 3.8) is 0 Å². The number of carboxylic acid groups (broad SMARTS) is 2. The van der Waals surface area contributed by atoms with Crippen molar-refractivity contribution in [3.8, 4) is 0 Å². The highest BCUT2D eigenvalue weighted by Gasteiger charge is 2.19. The number of carbonyl (C=O) groups is 3. The Morgan fingerprint density at radius 1 is 1.20 bits per heavy atom. The number of aldehydes is 1. The van der Waals surface area contributed by atoms with Crippen molar-refractivity contribution in [2.24, 2.45) is 0 Å². The van der Waals surface area contributed by atoms with Gasteiger partial charge in [-0.15, -0.1) is 0 Å². The molecule has 5 heteroatoms. The average molecular weight is 208 g/mol. The Balaban J connectivity index is 3.40. The van der Waals surface area contributed by atoms with Gasteiger partial charge in [0.15, 0.2) is 0 Å². The molecule has 0 radical (unpaired) electrons. The lowest BCUT2D eigenvalue weighted by atomic mass is 9.99. The minimum Gasteiger partial charge on any atom is -0.478 e. The molecule has 0 aliphatic heterocycles. The third-order valence-corrected chi connectivity index (χ3v) is 1.90. The van der Waals surface area contributed by atoms with E-state index < -0.39 is 11.9 Å². The maximum absolute atomic E-state index is 10.8. The summed E-state index contributed by atoms with van der Waals surface area (Å²) in [5.41, 5.74) is -0.420. The minimum atomic E-state index is -1.34. The first-order valence-corrected chi connectivity index (χ1v) is 4.10. The molecule has 0 unspecified atom stereocenters. The summed E-state index contributed by atoms with van der Waals surface area (Å²) in [7, 11) is 0. The fraction of sp³-hybridized carbons (Fsp3) is 0.100. The van der Waals surface area contributed by atoms with E-state index >= 15 is 0 Å². The lowest BCUT2D eigenvalue weighted by Crippen LogP contribution is -2.11. The third kappa shape index (κ3) is 2.19. The molecular formula is C10H8O5. The maximum Gasteiger partial charge on any atom is 0.336 e. The van der Waals surface area contributed by atoms with E-state index in [2.05, 4.69) is 0 Å². The van der Waals surface area contributed by atoms with Crippen LogP contribution < -0.4 is 0 Å². The van der Waals surface area contributed by atoms with Crippen LogP contribution in [0.1, 0.15) is 26.3 Å². The summed E-state index contributed by atoms with van der Waals surface area (Å²) >= 11 is 0. The van der Waals surface area contributed by atoms with E-state index in [4.69, 9.17) is 10.2 Å². The lowest BCUT2D eigenvalue weighted by Gasteiger charge is -2.05. The largest absolute Gasteiger partial charge is 0.478 e. The van der Waals surface area contributed by atoms with Crippen LogP contribution in [0.4, 0.5) is 0 Å². The number of hydrogen-bond acceptors (Lipinski definition) is 3. The van der Waals surface area contributed by atoms with Crippen molar-refractivity contribution in [2.45, 2.75) is 6.42 Å². The zero-order valence-electron chi connectivity index (χ0n) is 7.64. The quantitative estimate of drug-likeness (QED) is 0.715. The van der Waals surface area contributed by atoms with E-state index in [0.717, 1.165) is 0 Å². The van der Waals surface area contributed by atoms with Crippen LogP contribution in [0.15, 0.2) is 18.2 Å². The zero-order valence-corrected chi connectivity index (χ0v) is 7.64. The van der Waals surface area contributed by atoms with Gasteiger partial charge in [0, 0.05) is 6.42 Å². The Morgan fingerprint density at radius 3 is 2.33 bits per heavy atom. The van der Waals surface area contributed by atoms with Crippen LogP contribution in [-0.2, 0) is 11.2 Å². The van der Waals surface area contributed by atoms with Crippen LogP contribution in [0, 0.1) is 0 Å². The van der Waals surface area contributed by atoms with E-state index in [1.54, 1.807) is 0 Å². The summed E-state index contributed by atoms with van der Waals surface area (Å²) in [6.07, 6.45) is 0.427. The summed E-state index contributed by atoms with van der Waals surface area (Å²) in [4.78, 5) is 31.9. The van der Waals surface area contributed by atoms with E-state index in [1.807, 2.05) is 0 Å². The second-order valence-corrected chi connectivity index (χ2v) is 2.82. The van der Waals surface area contributed by atoms with Gasteiger partial charge < -0.3 is 15.0 Å². The van der Waals surface area contributed by atoms with Crippen molar-refractivity contribution >= 4 is 18.2 Å². The first-order valence-electron chi connectivity index (χ1n) is 4.10. The standard InChI is InChI=1S/C10H8O5/c11-5-4-6-2-1-3-7(9(12)13)8(6)10(14)15/h1-3,5H,4H2,(H,12,13)(H,14,15). The fourth-order valence-electron chi connectivity index (χ4n) is 1.29. The predicted octanol–water partition coefficient (Wildman–Crippen LogP) is 0.824. The van der Waals surface area contributed by atoms with Crippen LogP contribution in [0.25, 0.3) is 0 Å². The molecular weight excluding hydrogens is 200 g/mol. The lowest BCUT2D eigenvalue weighted by molar-refractivity contribution is -0.107. The molecule has 2 N–H and O–H groups in total. The average Bonchev–Trinajstić information content (AvgIpc) is 2.17. The second kappa shape index (κ2) is 4.36. The molecule has 0 saturated heterocycles. The van der Waals surface area contributed by atoms with Crippen molar-refractivity contribution < 1.29 is 24.6 Å². The number of aromatic carboxylic acids is 2. The molecule has 0 fully saturated rings. The van der Waals surface area contributed by atoms with Crippen LogP contribution in [0.2, 0.25) is 0 Å². The van der Waals surface area contributed by atoms with Crippen LogP contribution >= 0.6 is 0 Å². The van der Waals surface area contributed by atoms with Crippen molar-refractivity contribution in [2.75, 3.05) is 0 Å². The van der Waals surface area contributed by atoms with Gasteiger partial charge in [-0.2, -0.15) is 0 Å². The Labute approximate surface area is 85.0 Å². The molecule has 1 aromatic carbocycles. The van der Waals surface area contributed by atoms with Gasteiger partial charge in [0.25, 0.3) is 0 Å². The van der Waals surface area contributed by atoms with E-state index in [-0.39, 0.29) is 23.1 Å². The molecule has 0 bridgehead atoms. The summed E-state index contributed by atoms with van der Waals surface area (Å²) in [6.45, 7) is 0. The van der Waals surface area contributed by atoms with Gasteiger partial charge in [0.1, 0.15) is 6.29 Å². The van der Waals surface area contributed by atoms with Gasteiger partial charge in [0.05, 0.1) is 11.1 Å². The molecule has 78 valence electrons. The molecule has 0 saturated carbocycles. The van der Waals surface area contributed by atoms with Gasteiger partial charge in [-0.3, -0.25) is 0 Å². The molecule has 0 aromatic heterocycles. The van der Waals surface area contributed by atoms with Gasteiger partial charge in [-0.05, 0) is 11.6 Å². The number of benzene rings is 1. The van der Waals surface area contributed by atoms with E-state index in [1.165, 1.54) is 18.2 Å². The minimum absolute atomic E-state index is 0.108. The Hall–Kier alpha value is -2.17. The second-order valence-electron chi connectivity index (χ2n) is 2.82. The first-order chi connectivity index (χ1) is 7.07. The molecule has 0 spiro atoms. The summed E-state index contributed by atoms with van der Waals surface area (Å²) in [5.74, 6) is -2.66. The molecule has 0 heterocycles. The molecule has 1 aromatic rings. The Kier molecular flexibility index (Phi) is 3.17. The predicted molar refractivity (Wildman–Crippen MR) is 50.1 cm³/mol. The maximum atomic E-state index is 10.8. The number of hydrogen-bond donors (Lipinski definition) is 2. The number of carboxylic acids is 2. The Morgan fingerprint density at radius 2 is 1.87 bits per heavy atom. The van der Waals surface area contributed by atoms with Crippen LogP contribution in [0.3, 0.4) is 0 Å². The van der Waals surface area contributed by atoms with Crippen molar-refractivity contribution in [1.29, 1.82) is 0 Å². The number of rotatable bonds is 4. The topological polar surface area (TPSA) is 91.7 Å². The summed E-state index contributed by atoms with van der Waals surface area (Å²) < 4.78 is 0. The van der Waals surface area contributed by atoms with Gasteiger partial charge in [-0.1, -0.05) is 12.1 Å². The number of carbonyl (C=O) groups excluding carboxylic acids is 1. The molecule has 0 aliphatic carbocycles. The van der Waals surface area contributed by atoms with Crippen LogP contribution in [-0.4, -0.2) is 28.4 Å². The zero-order chi connectivity index (χ0) is 11.4. The molecule has 0 aliphatic rings. The van der Waals surface area contributed by atoms with Crippen molar-refractivity contribution in [1.82, 2.24) is 0 Å². The SMILES string of the molecule is O=CCc1cccc(C(=O)O)c1C(=O)O. The van der Waals surface area contributed by atoms with Crippen LogP contribution in [0.5, 0.6) is 0 Å². The van der Waals surface area contributed by atoms with Gasteiger partial charge >= 0.3 is 11.9 Å². The first kappa shape index (κ1) is 10.9. The Bertz CT molecular complexity index is 422. The molecule has 5 nitrogen and oxygen atoms in total. The van der Waals surface area contributed by atoms with Gasteiger partial charge in [0.2, 0.25) is 0 Å².